The Balaban J connectivity index is 2.54. The van der Waals surface area contributed by atoms with Crippen LogP contribution >= 0.6 is 0 Å². The molecule has 16 heavy (non-hydrogen) atoms. The van der Waals surface area contributed by atoms with E-state index in [1.54, 1.807) is 12.2 Å². The van der Waals surface area contributed by atoms with Gasteiger partial charge in [0, 0.05) is 0 Å². The molecule has 90 valence electrons. The van der Waals surface area contributed by atoms with Crippen LogP contribution in [-0.2, 0) is 4.79 Å². The molecule has 1 rings (SSSR count). The molecule has 0 saturated heterocycles. The van der Waals surface area contributed by atoms with E-state index in [0.717, 1.165) is 18.4 Å². The molecule has 0 radical (unpaired) electrons. The molecule has 0 aromatic carbocycles. The first kappa shape index (κ1) is 12.9. The molecule has 2 atom stereocenters. The lowest BCUT2D eigenvalue weighted by molar-refractivity contribution is -0.138. The average Bonchev–Trinajstić information content (AvgIpc) is 2.22. The average molecular weight is 225 g/mol. The molecule has 0 bridgehead atoms. The Labute approximate surface area is 95.5 Å². The minimum absolute atomic E-state index is 0.314. The number of aliphatic hydroxyl groups is 1. The first-order valence-corrected chi connectivity index (χ1v) is 5.56. The maximum atomic E-state index is 10.6. The summed E-state index contributed by atoms with van der Waals surface area (Å²) in [6.45, 7) is 2.02. The van der Waals surface area contributed by atoms with Gasteiger partial charge in [0.2, 0.25) is 0 Å². The number of nitrogens with two attached hydrogens (primary N) is 1. The molecule has 0 aliphatic heterocycles. The summed E-state index contributed by atoms with van der Waals surface area (Å²) < 4.78 is 0. The first-order chi connectivity index (χ1) is 7.47. The Morgan fingerprint density at radius 1 is 1.69 bits per heavy atom. The number of carbonyl (C=O) groups is 1. The number of aliphatic carboxylic acids is 1. The monoisotopic (exact) mass is 225 g/mol. The van der Waals surface area contributed by atoms with Gasteiger partial charge in [-0.1, -0.05) is 31.6 Å². The topological polar surface area (TPSA) is 83.5 Å². The van der Waals surface area contributed by atoms with E-state index >= 15 is 0 Å². The molecule has 4 heteroatoms. The molecule has 4 N–H and O–H groups in total. The number of hydrogen-bond acceptors (Lipinski definition) is 3. The molecule has 0 spiro atoms. The van der Waals surface area contributed by atoms with Gasteiger partial charge in [-0.15, -0.1) is 0 Å². The van der Waals surface area contributed by atoms with Crippen LogP contribution in [0.4, 0.5) is 0 Å². The summed E-state index contributed by atoms with van der Waals surface area (Å²) in [5, 5.41) is 18.7. The fourth-order valence-corrected chi connectivity index (χ4v) is 1.82. The number of allylic oxidation sites excluding steroid dienone is 1. The molecule has 1 aliphatic carbocycles. The second-order valence-electron chi connectivity index (χ2n) is 4.32. The minimum atomic E-state index is -0.997. The summed E-state index contributed by atoms with van der Waals surface area (Å²) in [5.41, 5.74) is 5.56. The summed E-state index contributed by atoms with van der Waals surface area (Å²) in [5.74, 6) is -0.997. The van der Waals surface area contributed by atoms with Gasteiger partial charge in [-0.2, -0.15) is 0 Å². The minimum Gasteiger partial charge on any atom is -0.480 e. The van der Waals surface area contributed by atoms with Crippen molar-refractivity contribution in [2.45, 2.75) is 44.2 Å². The van der Waals surface area contributed by atoms with E-state index in [2.05, 4.69) is 0 Å². The van der Waals surface area contributed by atoms with E-state index < -0.39 is 17.6 Å². The van der Waals surface area contributed by atoms with Crippen molar-refractivity contribution in [2.75, 3.05) is 0 Å². The highest BCUT2D eigenvalue weighted by Gasteiger charge is 2.24. The summed E-state index contributed by atoms with van der Waals surface area (Å²) in [4.78, 5) is 10.6. The smallest absolute Gasteiger partial charge is 0.320 e. The lowest BCUT2D eigenvalue weighted by Gasteiger charge is -2.26. The van der Waals surface area contributed by atoms with Crippen LogP contribution in [0.1, 0.15) is 32.6 Å². The third-order valence-corrected chi connectivity index (χ3v) is 2.78. The second-order valence-corrected chi connectivity index (χ2v) is 4.32. The molecule has 1 aliphatic rings. The SMILES string of the molecule is CCCC1(O)C=CC(CC(N)C(=O)O)=CC1. The van der Waals surface area contributed by atoms with Crippen LogP contribution in [0.25, 0.3) is 0 Å². The van der Waals surface area contributed by atoms with E-state index in [1.807, 2.05) is 13.0 Å². The standard InChI is InChI=1S/C12H19NO3/c1-2-5-12(16)6-3-9(4-7-12)8-10(13)11(14)15/h3-4,6,10,16H,2,5,7-8,13H2,1H3,(H,14,15). The Bertz CT molecular complexity index is 322. The highest BCUT2D eigenvalue weighted by atomic mass is 16.4. The molecular weight excluding hydrogens is 206 g/mol. The molecule has 0 saturated carbocycles. The lowest BCUT2D eigenvalue weighted by Crippen LogP contribution is -2.31. The summed E-state index contributed by atoms with van der Waals surface area (Å²) in [6, 6.07) is -0.867. The molecule has 2 unspecified atom stereocenters. The van der Waals surface area contributed by atoms with E-state index in [-0.39, 0.29) is 0 Å². The molecular formula is C12H19NO3. The summed E-state index contributed by atoms with van der Waals surface area (Å²) >= 11 is 0. The lowest BCUT2D eigenvalue weighted by atomic mass is 9.87. The zero-order valence-corrected chi connectivity index (χ0v) is 9.52. The molecule has 0 fully saturated rings. The van der Waals surface area contributed by atoms with Crippen LogP contribution in [0.5, 0.6) is 0 Å². The van der Waals surface area contributed by atoms with Crippen LogP contribution in [0.15, 0.2) is 23.8 Å². The fourth-order valence-electron chi connectivity index (χ4n) is 1.82. The van der Waals surface area contributed by atoms with Crippen molar-refractivity contribution in [3.63, 3.8) is 0 Å². The van der Waals surface area contributed by atoms with Crippen LogP contribution in [0, 0.1) is 0 Å². The van der Waals surface area contributed by atoms with Crippen LogP contribution in [0.3, 0.4) is 0 Å². The normalized spacial score (nSPS) is 26.3. The van der Waals surface area contributed by atoms with Crippen molar-refractivity contribution in [3.05, 3.63) is 23.8 Å². The number of carboxylic acids is 1. The van der Waals surface area contributed by atoms with Gasteiger partial charge in [0.15, 0.2) is 0 Å². The van der Waals surface area contributed by atoms with Crippen LogP contribution in [-0.4, -0.2) is 27.8 Å². The van der Waals surface area contributed by atoms with Gasteiger partial charge < -0.3 is 15.9 Å². The van der Waals surface area contributed by atoms with Crippen molar-refractivity contribution in [3.8, 4) is 0 Å². The molecule has 0 aromatic heterocycles. The predicted octanol–water partition coefficient (Wildman–Crippen LogP) is 1.21. The number of rotatable bonds is 5. The highest BCUT2D eigenvalue weighted by Crippen LogP contribution is 2.26. The number of hydrogen-bond donors (Lipinski definition) is 3. The predicted molar refractivity (Wildman–Crippen MR) is 61.9 cm³/mol. The Morgan fingerprint density at radius 2 is 2.38 bits per heavy atom. The third kappa shape index (κ3) is 3.47. The van der Waals surface area contributed by atoms with Crippen LogP contribution in [0.2, 0.25) is 0 Å². The number of carboxylic acid groups (broad SMARTS) is 1. The quantitative estimate of drug-likeness (QED) is 0.656. The zero-order valence-electron chi connectivity index (χ0n) is 9.52. The van der Waals surface area contributed by atoms with Gasteiger partial charge in [-0.3, -0.25) is 4.79 Å². The van der Waals surface area contributed by atoms with E-state index in [1.165, 1.54) is 0 Å². The van der Waals surface area contributed by atoms with Gasteiger partial charge >= 0.3 is 5.97 Å². The van der Waals surface area contributed by atoms with Crippen molar-refractivity contribution < 1.29 is 15.0 Å². The first-order valence-electron chi connectivity index (χ1n) is 5.56. The molecule has 0 heterocycles. The maximum Gasteiger partial charge on any atom is 0.320 e. The molecule has 0 amide bonds. The highest BCUT2D eigenvalue weighted by molar-refractivity contribution is 5.73. The van der Waals surface area contributed by atoms with Gasteiger partial charge in [0.05, 0.1) is 5.60 Å². The van der Waals surface area contributed by atoms with Crippen LogP contribution < -0.4 is 5.73 Å². The maximum absolute atomic E-state index is 10.6. The van der Waals surface area contributed by atoms with Crippen molar-refractivity contribution in [1.82, 2.24) is 0 Å². The van der Waals surface area contributed by atoms with E-state index in [0.29, 0.717) is 12.8 Å². The molecule has 0 aromatic rings. The Kier molecular flexibility index (Phi) is 4.26. The van der Waals surface area contributed by atoms with Crippen molar-refractivity contribution >= 4 is 5.97 Å². The largest absolute Gasteiger partial charge is 0.480 e. The zero-order chi connectivity index (χ0) is 12.2. The molecule has 4 nitrogen and oxygen atoms in total. The fraction of sp³-hybridized carbons (Fsp3) is 0.583. The van der Waals surface area contributed by atoms with Gasteiger partial charge in [-0.25, -0.2) is 0 Å². The van der Waals surface area contributed by atoms with E-state index in [9.17, 15) is 9.90 Å². The Hall–Kier alpha value is -1.13. The summed E-state index contributed by atoms with van der Waals surface area (Å²) in [6.07, 6.45) is 7.89. The van der Waals surface area contributed by atoms with Crippen molar-refractivity contribution in [1.29, 1.82) is 0 Å². The second kappa shape index (κ2) is 5.27. The van der Waals surface area contributed by atoms with E-state index in [4.69, 9.17) is 10.8 Å². The Morgan fingerprint density at radius 3 is 2.81 bits per heavy atom. The van der Waals surface area contributed by atoms with Gasteiger partial charge in [-0.05, 0) is 24.8 Å². The third-order valence-electron chi connectivity index (χ3n) is 2.78. The van der Waals surface area contributed by atoms with Gasteiger partial charge in [0.25, 0.3) is 0 Å². The van der Waals surface area contributed by atoms with Gasteiger partial charge in [0.1, 0.15) is 6.04 Å². The van der Waals surface area contributed by atoms with Crippen molar-refractivity contribution in [2.24, 2.45) is 5.73 Å². The summed E-state index contributed by atoms with van der Waals surface area (Å²) in [7, 11) is 0.